The van der Waals surface area contributed by atoms with Crippen molar-refractivity contribution in [3.05, 3.63) is 48.0 Å². The van der Waals surface area contributed by atoms with Crippen molar-refractivity contribution in [2.24, 2.45) is 5.92 Å². The number of piperidine rings is 1. The van der Waals surface area contributed by atoms with Gasteiger partial charge in [0.25, 0.3) is 0 Å². The molecule has 1 N–H and O–H groups in total. The number of anilines is 4. The molecule has 2 aliphatic rings. The maximum atomic E-state index is 3.59. The number of hydrogen-bond acceptors (Lipinski definition) is 3. The summed E-state index contributed by atoms with van der Waals surface area (Å²) in [5.74, 6) is 0.871. The number of rotatable bonds is 3. The van der Waals surface area contributed by atoms with Crippen molar-refractivity contribution in [3.8, 4) is 0 Å². The van der Waals surface area contributed by atoms with Crippen molar-refractivity contribution >= 4 is 22.7 Å². The Balaban J connectivity index is 1.48. The van der Waals surface area contributed by atoms with Gasteiger partial charge in [-0.1, -0.05) is 20.8 Å². The smallest absolute Gasteiger partial charge is 0.0404 e. The maximum absolute atomic E-state index is 3.59. The predicted molar refractivity (Wildman–Crippen MR) is 113 cm³/mol. The van der Waals surface area contributed by atoms with Crippen molar-refractivity contribution in [2.45, 2.75) is 39.0 Å². The number of hydrogen-bond donors (Lipinski definition) is 1. The molecule has 0 atom stereocenters. The molecule has 0 radical (unpaired) electrons. The summed E-state index contributed by atoms with van der Waals surface area (Å²) in [6.07, 6.45) is 2.61. The molecule has 0 spiro atoms. The van der Waals surface area contributed by atoms with Gasteiger partial charge in [0, 0.05) is 54.8 Å². The SMILES string of the molecule is CC1CCN(c2ccc(Nc3ccc4c(c3)C(C)(C)CN4C)cc2)CC1. The molecular formula is C23H31N3. The van der Waals surface area contributed by atoms with Crippen molar-refractivity contribution in [1.82, 2.24) is 0 Å². The highest BCUT2D eigenvalue weighted by Crippen LogP contribution is 2.41. The molecule has 0 amide bonds. The fraction of sp³-hybridized carbons (Fsp3) is 0.478. The molecule has 2 aliphatic heterocycles. The minimum Gasteiger partial charge on any atom is -0.373 e. The number of nitrogens with zero attached hydrogens (tertiary/aromatic N) is 2. The summed E-state index contributed by atoms with van der Waals surface area (Å²) >= 11 is 0. The highest BCUT2D eigenvalue weighted by molar-refractivity contribution is 5.70. The first-order chi connectivity index (χ1) is 12.4. The van der Waals surface area contributed by atoms with Gasteiger partial charge in [-0.25, -0.2) is 0 Å². The van der Waals surface area contributed by atoms with Crippen LogP contribution < -0.4 is 15.1 Å². The van der Waals surface area contributed by atoms with Crippen molar-refractivity contribution in [2.75, 3.05) is 41.8 Å². The van der Waals surface area contributed by atoms with E-state index in [0.29, 0.717) is 0 Å². The second-order valence-electron chi connectivity index (χ2n) is 8.81. The fourth-order valence-corrected chi connectivity index (χ4v) is 4.44. The lowest BCUT2D eigenvalue weighted by Gasteiger charge is -2.32. The molecule has 2 aromatic rings. The van der Waals surface area contributed by atoms with Crippen LogP contribution in [0.1, 0.15) is 39.2 Å². The Morgan fingerprint density at radius 3 is 2.31 bits per heavy atom. The van der Waals surface area contributed by atoms with Gasteiger partial charge in [0.2, 0.25) is 0 Å². The molecule has 1 saturated heterocycles. The molecule has 0 saturated carbocycles. The van der Waals surface area contributed by atoms with Gasteiger partial charge in [-0.05, 0) is 66.8 Å². The Morgan fingerprint density at radius 1 is 0.962 bits per heavy atom. The fourth-order valence-electron chi connectivity index (χ4n) is 4.44. The van der Waals surface area contributed by atoms with Gasteiger partial charge in [-0.3, -0.25) is 0 Å². The van der Waals surface area contributed by atoms with Gasteiger partial charge in [0.05, 0.1) is 0 Å². The zero-order valence-corrected chi connectivity index (χ0v) is 16.5. The maximum Gasteiger partial charge on any atom is 0.0404 e. The minimum atomic E-state index is 0.205. The highest BCUT2D eigenvalue weighted by Gasteiger charge is 2.33. The third kappa shape index (κ3) is 3.27. The molecule has 1 fully saturated rings. The quantitative estimate of drug-likeness (QED) is 0.801. The number of likely N-dealkylation sites (N-methyl/N-ethyl adjacent to an activating group) is 1. The Morgan fingerprint density at radius 2 is 1.62 bits per heavy atom. The van der Waals surface area contributed by atoms with Crippen LogP contribution in [0.25, 0.3) is 0 Å². The molecule has 2 aromatic carbocycles. The average Bonchev–Trinajstić information content (AvgIpc) is 2.85. The van der Waals surface area contributed by atoms with E-state index < -0.39 is 0 Å². The minimum absolute atomic E-state index is 0.205. The molecular weight excluding hydrogens is 318 g/mol. The Bertz CT molecular complexity index is 771. The van der Waals surface area contributed by atoms with Gasteiger partial charge in [0.1, 0.15) is 0 Å². The van der Waals surface area contributed by atoms with Crippen molar-refractivity contribution < 1.29 is 0 Å². The van der Waals surface area contributed by atoms with E-state index in [-0.39, 0.29) is 5.41 Å². The second-order valence-corrected chi connectivity index (χ2v) is 8.81. The van der Waals surface area contributed by atoms with E-state index in [1.54, 1.807) is 0 Å². The largest absolute Gasteiger partial charge is 0.373 e. The van der Waals surface area contributed by atoms with E-state index in [2.05, 4.69) is 85.4 Å². The summed E-state index contributed by atoms with van der Waals surface area (Å²) in [7, 11) is 2.18. The van der Waals surface area contributed by atoms with Gasteiger partial charge in [-0.15, -0.1) is 0 Å². The van der Waals surface area contributed by atoms with Crippen LogP contribution in [0.4, 0.5) is 22.7 Å². The predicted octanol–water partition coefficient (Wildman–Crippen LogP) is 5.39. The van der Waals surface area contributed by atoms with Gasteiger partial charge < -0.3 is 15.1 Å². The average molecular weight is 350 g/mol. The van der Waals surface area contributed by atoms with Crippen LogP contribution >= 0.6 is 0 Å². The van der Waals surface area contributed by atoms with E-state index in [4.69, 9.17) is 0 Å². The van der Waals surface area contributed by atoms with Gasteiger partial charge >= 0.3 is 0 Å². The Labute approximate surface area is 158 Å². The molecule has 138 valence electrons. The van der Waals surface area contributed by atoms with E-state index in [1.165, 1.54) is 48.6 Å². The van der Waals surface area contributed by atoms with E-state index in [9.17, 15) is 0 Å². The van der Waals surface area contributed by atoms with Crippen molar-refractivity contribution in [3.63, 3.8) is 0 Å². The second kappa shape index (κ2) is 6.53. The van der Waals surface area contributed by atoms with Crippen LogP contribution in [0.3, 0.4) is 0 Å². The first kappa shape index (κ1) is 17.3. The molecule has 26 heavy (non-hydrogen) atoms. The lowest BCUT2D eigenvalue weighted by molar-refractivity contribution is 0.438. The molecule has 0 unspecified atom stereocenters. The van der Waals surface area contributed by atoms with Crippen LogP contribution in [0, 0.1) is 5.92 Å². The summed E-state index contributed by atoms with van der Waals surface area (Å²) in [5, 5.41) is 3.59. The third-order valence-corrected chi connectivity index (χ3v) is 6.07. The molecule has 3 heteroatoms. The van der Waals surface area contributed by atoms with Crippen LogP contribution in [0.5, 0.6) is 0 Å². The molecule has 3 nitrogen and oxygen atoms in total. The lowest BCUT2D eigenvalue weighted by atomic mass is 9.87. The summed E-state index contributed by atoms with van der Waals surface area (Å²) in [6.45, 7) is 10.5. The highest BCUT2D eigenvalue weighted by atomic mass is 15.1. The van der Waals surface area contributed by atoms with Crippen LogP contribution in [0.15, 0.2) is 42.5 Å². The summed E-state index contributed by atoms with van der Waals surface area (Å²) < 4.78 is 0. The monoisotopic (exact) mass is 349 g/mol. The number of nitrogens with one attached hydrogen (secondary N) is 1. The van der Waals surface area contributed by atoms with Crippen LogP contribution in [-0.4, -0.2) is 26.7 Å². The zero-order valence-electron chi connectivity index (χ0n) is 16.5. The lowest BCUT2D eigenvalue weighted by Crippen LogP contribution is -2.32. The van der Waals surface area contributed by atoms with E-state index >= 15 is 0 Å². The standard InChI is InChI=1S/C23H31N3/c1-17-11-13-26(14-12-17)20-8-5-18(6-9-20)24-19-7-10-22-21(15-19)23(2,3)16-25(22)4/h5-10,15,17,24H,11-14,16H2,1-4H3. The van der Waals surface area contributed by atoms with E-state index in [1.807, 2.05) is 0 Å². The van der Waals surface area contributed by atoms with Gasteiger partial charge in [0.15, 0.2) is 0 Å². The Hall–Kier alpha value is -2.16. The number of benzene rings is 2. The summed E-state index contributed by atoms with van der Waals surface area (Å²) in [5.41, 5.74) is 6.67. The first-order valence-electron chi connectivity index (χ1n) is 9.90. The summed E-state index contributed by atoms with van der Waals surface area (Å²) in [4.78, 5) is 4.87. The topological polar surface area (TPSA) is 18.5 Å². The summed E-state index contributed by atoms with van der Waals surface area (Å²) in [6, 6.07) is 15.7. The molecule has 4 rings (SSSR count). The normalized spacial score (nSPS) is 19.5. The first-order valence-corrected chi connectivity index (χ1v) is 9.90. The Kier molecular flexibility index (Phi) is 4.34. The molecule has 2 heterocycles. The molecule has 0 bridgehead atoms. The van der Waals surface area contributed by atoms with Crippen molar-refractivity contribution in [1.29, 1.82) is 0 Å². The molecule has 0 aromatic heterocycles. The third-order valence-electron chi connectivity index (χ3n) is 6.07. The van der Waals surface area contributed by atoms with Crippen LogP contribution in [-0.2, 0) is 5.41 Å². The molecule has 0 aliphatic carbocycles. The van der Waals surface area contributed by atoms with Crippen LogP contribution in [0.2, 0.25) is 0 Å². The van der Waals surface area contributed by atoms with Gasteiger partial charge in [-0.2, -0.15) is 0 Å². The number of fused-ring (bicyclic) bond motifs is 1. The zero-order chi connectivity index (χ0) is 18.3. The van der Waals surface area contributed by atoms with E-state index in [0.717, 1.165) is 18.2 Å².